The normalized spacial score (nSPS) is 15.8. The zero-order chi connectivity index (χ0) is 35.7. The van der Waals surface area contributed by atoms with Crippen LogP contribution in [0.2, 0.25) is 0 Å². The van der Waals surface area contributed by atoms with Crippen molar-refractivity contribution in [2.24, 2.45) is 0 Å². The Morgan fingerprint density at radius 3 is 2.42 bits per heavy atom. The molecule has 0 spiro atoms. The van der Waals surface area contributed by atoms with Crippen LogP contribution in [0.5, 0.6) is 0 Å². The first-order valence-electron chi connectivity index (χ1n) is 15.8. The molecule has 260 valence electrons. The molecule has 2 heterocycles. The van der Waals surface area contributed by atoms with Crippen LogP contribution in [0.15, 0.2) is 79.1 Å². The molecule has 50 heavy (non-hydrogen) atoms. The average molecular weight is 693 g/mol. The van der Waals surface area contributed by atoms with Gasteiger partial charge in [-0.3, -0.25) is 9.78 Å². The van der Waals surface area contributed by atoms with E-state index in [1.54, 1.807) is 24.5 Å². The number of pyridine rings is 1. The zero-order valence-corrected chi connectivity index (χ0v) is 27.1. The van der Waals surface area contributed by atoms with Gasteiger partial charge in [-0.2, -0.15) is 13.2 Å². The van der Waals surface area contributed by atoms with Crippen LogP contribution in [-0.4, -0.2) is 79.0 Å². The minimum Gasteiger partial charge on any atom is -0.480 e. The fraction of sp³-hybridized carbons (Fsp3) is 0.270. The molecule has 6 rings (SSSR count). The summed E-state index contributed by atoms with van der Waals surface area (Å²) in [6, 6.07) is 14.7. The van der Waals surface area contributed by atoms with Crippen LogP contribution in [0.25, 0.3) is 32.7 Å². The molecule has 2 atom stereocenters. The number of alkyl halides is 3. The number of carboxylic acid groups (broad SMARTS) is 1. The minimum atomic E-state index is -4.73. The van der Waals surface area contributed by atoms with Crippen LogP contribution in [-0.2, 0) is 22.5 Å². The van der Waals surface area contributed by atoms with Crippen LogP contribution in [0, 0.1) is 11.6 Å². The predicted octanol–water partition coefficient (Wildman–Crippen LogP) is 6.59. The van der Waals surface area contributed by atoms with Gasteiger partial charge in [0.15, 0.2) is 0 Å². The Morgan fingerprint density at radius 2 is 1.72 bits per heavy atom. The van der Waals surface area contributed by atoms with Crippen molar-refractivity contribution in [1.82, 2.24) is 15.2 Å². The molecule has 1 saturated heterocycles. The number of hydrogen-bond acceptors (Lipinski definition) is 6. The number of nitrogens with one attached hydrogen (secondary N) is 1. The van der Waals surface area contributed by atoms with Crippen LogP contribution >= 0.6 is 0 Å². The maximum atomic E-state index is 15.2. The number of rotatable bonds is 9. The van der Waals surface area contributed by atoms with Gasteiger partial charge in [0.25, 0.3) is 5.91 Å². The van der Waals surface area contributed by atoms with Crippen molar-refractivity contribution < 1.29 is 41.4 Å². The van der Waals surface area contributed by atoms with Crippen LogP contribution < -0.4 is 10.2 Å². The summed E-state index contributed by atoms with van der Waals surface area (Å²) in [5.41, 5.74) is 1.95. The molecule has 0 aliphatic carbocycles. The Kier molecular flexibility index (Phi) is 9.72. The van der Waals surface area contributed by atoms with Crippen molar-refractivity contribution in [3.8, 4) is 11.1 Å². The molecule has 1 aliphatic rings. The molecule has 1 aliphatic heterocycles. The molecule has 0 radical (unpaired) electrons. The number of carboxylic acids is 1. The van der Waals surface area contributed by atoms with Gasteiger partial charge in [0.1, 0.15) is 29.3 Å². The van der Waals surface area contributed by atoms with Crippen LogP contribution in [0.1, 0.15) is 21.5 Å². The molecule has 1 fully saturated rings. The van der Waals surface area contributed by atoms with E-state index in [4.69, 9.17) is 4.74 Å². The second-order valence-corrected chi connectivity index (χ2v) is 12.5. The number of ether oxygens (including phenoxy) is 1. The van der Waals surface area contributed by atoms with Gasteiger partial charge >= 0.3 is 12.1 Å². The third-order valence-electron chi connectivity index (χ3n) is 8.74. The first-order chi connectivity index (χ1) is 23.8. The van der Waals surface area contributed by atoms with Gasteiger partial charge in [0.05, 0.1) is 13.2 Å². The van der Waals surface area contributed by atoms with E-state index in [1.807, 2.05) is 44.4 Å². The van der Waals surface area contributed by atoms with Crippen LogP contribution in [0.4, 0.5) is 27.6 Å². The third kappa shape index (κ3) is 7.10. The summed E-state index contributed by atoms with van der Waals surface area (Å²) < 4.78 is 76.1. The number of morpholine rings is 1. The Hall–Kier alpha value is -5.14. The van der Waals surface area contributed by atoms with E-state index < -0.39 is 59.6 Å². The summed E-state index contributed by atoms with van der Waals surface area (Å²) >= 11 is 0. The molecule has 5 aromatic rings. The fourth-order valence-corrected chi connectivity index (χ4v) is 6.50. The lowest BCUT2D eigenvalue weighted by molar-refractivity contribution is -0.167. The fourth-order valence-electron chi connectivity index (χ4n) is 6.50. The van der Waals surface area contributed by atoms with E-state index in [-0.39, 0.29) is 19.6 Å². The zero-order valence-electron chi connectivity index (χ0n) is 27.1. The van der Waals surface area contributed by atoms with Gasteiger partial charge < -0.3 is 25.0 Å². The molecule has 0 bridgehead atoms. The third-order valence-corrected chi connectivity index (χ3v) is 8.74. The lowest BCUT2D eigenvalue weighted by Gasteiger charge is -2.38. The van der Waals surface area contributed by atoms with Crippen molar-refractivity contribution in [3.05, 3.63) is 107 Å². The Bertz CT molecular complexity index is 2060. The number of aliphatic carboxylic acids is 1. The highest BCUT2D eigenvalue weighted by molar-refractivity contribution is 6.06. The van der Waals surface area contributed by atoms with Crippen LogP contribution in [0.3, 0.4) is 0 Å². The number of fused-ring (bicyclic) bond motifs is 2. The number of carbonyl (C=O) groups excluding carboxylic acids is 1. The van der Waals surface area contributed by atoms with Crippen molar-refractivity contribution >= 4 is 39.1 Å². The minimum absolute atomic E-state index is 0.0926. The highest BCUT2D eigenvalue weighted by Gasteiger charge is 2.46. The standard InChI is InChI=1S/C37H33F5N4O4/c1-45(2)19-21-13-23-9-10-43-18-29(23)28(14-21)27-8-4-6-25-22(5-3-7-26(25)27)15-32(36(48)49)44-35(47)34-30(38)16-24(17-31(34)39)46-11-12-50-20-33(46)37(40,41)42/h3-10,13-14,16-18,32-33H,11-12,15,19-20H2,1-2H3,(H,44,47)(H,48,49)/t32-,33+/m0/s1. The predicted molar refractivity (Wildman–Crippen MR) is 179 cm³/mol. The van der Waals surface area contributed by atoms with E-state index in [0.717, 1.165) is 37.7 Å². The molecular weight excluding hydrogens is 659 g/mol. The van der Waals surface area contributed by atoms with E-state index in [0.29, 0.717) is 29.6 Å². The topological polar surface area (TPSA) is 95.0 Å². The summed E-state index contributed by atoms with van der Waals surface area (Å²) in [4.78, 5) is 32.7. The number of hydrogen-bond donors (Lipinski definition) is 2. The van der Waals surface area contributed by atoms with Gasteiger partial charge in [-0.1, -0.05) is 36.4 Å². The highest BCUT2D eigenvalue weighted by atomic mass is 19.4. The molecule has 13 heteroatoms. The summed E-state index contributed by atoms with van der Waals surface area (Å²) in [6.45, 7) is -0.393. The number of aromatic nitrogens is 1. The van der Waals surface area contributed by atoms with E-state index in [9.17, 15) is 27.9 Å². The van der Waals surface area contributed by atoms with E-state index in [2.05, 4.69) is 27.3 Å². The smallest absolute Gasteiger partial charge is 0.411 e. The first kappa shape index (κ1) is 34.7. The van der Waals surface area contributed by atoms with Crippen molar-refractivity contribution in [1.29, 1.82) is 0 Å². The summed E-state index contributed by atoms with van der Waals surface area (Å²) in [6.07, 6.45) is -1.44. The monoisotopic (exact) mass is 692 g/mol. The molecule has 4 aromatic carbocycles. The SMILES string of the molecule is CN(C)Cc1cc(-c2cccc3c(C[C@H](NC(=O)c4c(F)cc(N5CCOC[C@@H]5C(F)(F)F)cc4F)C(=O)O)cccc23)c2cnccc2c1. The molecule has 8 nitrogen and oxygen atoms in total. The molecule has 1 amide bonds. The second-order valence-electron chi connectivity index (χ2n) is 12.5. The Balaban J connectivity index is 1.31. The summed E-state index contributed by atoms with van der Waals surface area (Å²) in [7, 11) is 3.96. The lowest BCUT2D eigenvalue weighted by atomic mass is 9.90. The van der Waals surface area contributed by atoms with Crippen molar-refractivity contribution in [2.45, 2.75) is 31.2 Å². The first-order valence-corrected chi connectivity index (χ1v) is 15.8. The second kappa shape index (κ2) is 14.0. The van der Waals surface area contributed by atoms with E-state index in [1.165, 1.54) is 0 Å². The maximum Gasteiger partial charge on any atom is 0.411 e. The van der Waals surface area contributed by atoms with Gasteiger partial charge in [-0.15, -0.1) is 0 Å². The quantitative estimate of drug-likeness (QED) is 0.169. The summed E-state index contributed by atoms with van der Waals surface area (Å²) in [5, 5.41) is 15.8. The molecule has 1 aromatic heterocycles. The Morgan fingerprint density at radius 1 is 1.00 bits per heavy atom. The number of halogens is 5. The van der Waals surface area contributed by atoms with Gasteiger partial charge in [-0.25, -0.2) is 13.6 Å². The largest absolute Gasteiger partial charge is 0.480 e. The molecular formula is C37H33F5N4O4. The number of anilines is 1. The molecule has 2 N–H and O–H groups in total. The van der Waals surface area contributed by atoms with Gasteiger partial charge in [0, 0.05) is 43.0 Å². The lowest BCUT2D eigenvalue weighted by Crippen LogP contribution is -2.53. The van der Waals surface area contributed by atoms with Crippen molar-refractivity contribution in [3.63, 3.8) is 0 Å². The number of benzene rings is 4. The average Bonchev–Trinajstić information content (AvgIpc) is 3.06. The maximum absolute atomic E-state index is 15.2. The Labute approximate surface area is 284 Å². The highest BCUT2D eigenvalue weighted by Crippen LogP contribution is 2.37. The van der Waals surface area contributed by atoms with Crippen molar-refractivity contribution in [2.75, 3.05) is 38.8 Å². The molecule has 0 unspecified atom stereocenters. The van der Waals surface area contributed by atoms with E-state index >= 15 is 8.78 Å². The number of carbonyl (C=O) groups is 2. The number of amides is 1. The van der Waals surface area contributed by atoms with Gasteiger partial charge in [0.2, 0.25) is 0 Å². The van der Waals surface area contributed by atoms with Gasteiger partial charge in [-0.05, 0) is 82.8 Å². The summed E-state index contributed by atoms with van der Waals surface area (Å²) in [5.74, 6) is -5.66. The molecule has 0 saturated carbocycles. The number of nitrogens with zero attached hydrogens (tertiary/aromatic N) is 3.